The fourth-order valence-corrected chi connectivity index (χ4v) is 1.89. The molecule has 1 nitrogen and oxygen atoms in total. The minimum atomic E-state index is -8.04. The van der Waals surface area contributed by atoms with Gasteiger partial charge in [0.25, 0.3) is 0 Å². The Bertz CT molecular complexity index is 536. The van der Waals surface area contributed by atoms with Crippen molar-refractivity contribution in [2.75, 3.05) is 0 Å². The predicted molar refractivity (Wildman–Crippen MR) is 66.2 cm³/mol. The van der Waals surface area contributed by atoms with Gasteiger partial charge in [0.15, 0.2) is 0 Å². The zero-order valence-corrected chi connectivity index (χ0v) is 14.2. The molecule has 0 aliphatic heterocycles. The Morgan fingerprint density at radius 2 is 0.929 bits per heavy atom. The van der Waals surface area contributed by atoms with Crippen LogP contribution in [0.1, 0.15) is 33.1 Å². The Kier molecular flexibility index (Phi) is 7.08. The molecule has 0 aromatic carbocycles. The van der Waals surface area contributed by atoms with Gasteiger partial charge in [-0.2, -0.15) is 61.5 Å². The van der Waals surface area contributed by atoms with Crippen LogP contribution in [0.5, 0.6) is 0 Å². The van der Waals surface area contributed by atoms with E-state index in [-0.39, 0.29) is 6.42 Å². The second-order valence-electron chi connectivity index (χ2n) is 6.39. The monoisotopic (exact) mass is 452 g/mol. The predicted octanol–water partition coefficient (Wildman–Crippen LogP) is 5.46. The number of rotatable bonds is 9. The van der Waals surface area contributed by atoms with E-state index < -0.39 is 60.3 Å². The van der Waals surface area contributed by atoms with E-state index in [0.29, 0.717) is 0 Å². The Hall–Kier alpha value is -1.02. The summed E-state index contributed by atoms with van der Waals surface area (Å²) in [5.41, 5.74) is 1.94. The summed E-state index contributed by atoms with van der Waals surface area (Å²) in [6, 6.07) is 0. The van der Waals surface area contributed by atoms with E-state index in [4.69, 9.17) is 0 Å². The molecule has 28 heavy (non-hydrogen) atoms. The van der Waals surface area contributed by atoms with E-state index in [1.54, 1.807) is 0 Å². The quantitative estimate of drug-likeness (QED) is 0.356. The Labute approximate surface area is 149 Å². The van der Waals surface area contributed by atoms with Gasteiger partial charge in [-0.25, -0.2) is 0 Å². The smallest absolute Gasteiger partial charge is 0.321 e. The third-order valence-corrected chi connectivity index (χ3v) is 4.23. The molecule has 0 aromatic heterocycles. The van der Waals surface area contributed by atoms with Crippen molar-refractivity contribution in [2.45, 2.75) is 74.7 Å². The van der Waals surface area contributed by atoms with Gasteiger partial charge in [-0.05, 0) is 12.3 Å². The van der Waals surface area contributed by atoms with Crippen LogP contribution in [0.4, 0.5) is 61.5 Å². The van der Waals surface area contributed by atoms with Crippen LogP contribution >= 0.6 is 0 Å². The summed E-state index contributed by atoms with van der Waals surface area (Å²) < 4.78 is 183. The maximum Gasteiger partial charge on any atom is 0.460 e. The van der Waals surface area contributed by atoms with E-state index in [0.717, 1.165) is 0 Å². The number of hydrogen-bond acceptors (Lipinski definition) is 0. The molecule has 170 valence electrons. The SMILES string of the molecule is CCC(C)CCC([NH3+])(F)C(F)(F)C(F)(F)C(F)(F)C(F)(F)C(F)(F)C(F)(F)F. The molecule has 0 amide bonds. The summed E-state index contributed by atoms with van der Waals surface area (Å²) in [7, 11) is 0. The van der Waals surface area contributed by atoms with E-state index in [2.05, 4.69) is 0 Å². The van der Waals surface area contributed by atoms with Crippen LogP contribution in [0.15, 0.2) is 0 Å². The van der Waals surface area contributed by atoms with Crippen LogP contribution in [0.2, 0.25) is 0 Å². The molecule has 0 bridgehead atoms. The summed E-state index contributed by atoms with van der Waals surface area (Å²) in [5, 5.41) is 0. The lowest BCUT2D eigenvalue weighted by molar-refractivity contribution is -0.592. The van der Waals surface area contributed by atoms with Crippen molar-refractivity contribution in [3.05, 3.63) is 0 Å². The summed E-state index contributed by atoms with van der Waals surface area (Å²) in [4.78, 5) is 0. The second-order valence-corrected chi connectivity index (χ2v) is 6.39. The fourth-order valence-electron chi connectivity index (χ4n) is 1.89. The lowest BCUT2D eigenvalue weighted by atomic mass is 9.86. The van der Waals surface area contributed by atoms with Crippen molar-refractivity contribution in [1.82, 2.24) is 0 Å². The molecule has 2 unspecified atom stereocenters. The molecule has 0 spiro atoms. The van der Waals surface area contributed by atoms with Gasteiger partial charge in [0.1, 0.15) is 0 Å². The molecule has 0 aliphatic rings. The number of quaternary nitrogens is 1. The number of hydrogen-bond donors (Lipinski definition) is 1. The lowest BCUT2D eigenvalue weighted by Crippen LogP contribution is -2.84. The molecule has 0 radical (unpaired) electrons. The van der Waals surface area contributed by atoms with E-state index in [1.165, 1.54) is 13.8 Å². The van der Waals surface area contributed by atoms with Crippen molar-refractivity contribution in [3.63, 3.8) is 0 Å². The largest absolute Gasteiger partial charge is 0.460 e. The van der Waals surface area contributed by atoms with Gasteiger partial charge in [0.2, 0.25) is 0 Å². The van der Waals surface area contributed by atoms with Crippen LogP contribution < -0.4 is 5.73 Å². The van der Waals surface area contributed by atoms with Crippen molar-refractivity contribution in [2.24, 2.45) is 5.92 Å². The Morgan fingerprint density at radius 1 is 0.607 bits per heavy atom. The molecule has 0 aromatic rings. The maximum absolute atomic E-state index is 14.0. The molecule has 2 atom stereocenters. The average molecular weight is 452 g/mol. The van der Waals surface area contributed by atoms with Crippen molar-refractivity contribution >= 4 is 0 Å². The van der Waals surface area contributed by atoms with Gasteiger partial charge in [-0.1, -0.05) is 20.3 Å². The first-order chi connectivity index (χ1) is 12.0. The minimum absolute atomic E-state index is 0.171. The van der Waals surface area contributed by atoms with Crippen LogP contribution in [0, 0.1) is 5.92 Å². The Morgan fingerprint density at radius 3 is 1.25 bits per heavy atom. The maximum atomic E-state index is 14.0. The highest BCUT2D eigenvalue weighted by Crippen LogP contribution is 2.61. The molecule has 0 aliphatic carbocycles. The third-order valence-electron chi connectivity index (χ3n) is 4.23. The average Bonchev–Trinajstić information content (AvgIpc) is 2.50. The molecule has 0 fully saturated rings. The van der Waals surface area contributed by atoms with E-state index >= 15 is 0 Å². The van der Waals surface area contributed by atoms with Gasteiger partial charge in [0, 0.05) is 6.42 Å². The molecule has 0 saturated heterocycles. The molecular formula is C13H16F14N+. The second kappa shape index (κ2) is 7.35. The molecule has 0 heterocycles. The number of alkyl halides is 14. The molecule has 3 N–H and O–H groups in total. The van der Waals surface area contributed by atoms with Gasteiger partial charge < -0.3 is 5.73 Å². The first kappa shape index (κ1) is 27.0. The standard InChI is InChI=1S/C13H15F14N/c1-3-6(2)4-5-7(14,28)8(15,16)9(17,18)10(19,20)11(21,22)12(23,24)13(25,26)27/h6H,3-5,28H2,1-2H3/p+1. The van der Waals surface area contributed by atoms with E-state index in [9.17, 15) is 61.5 Å². The van der Waals surface area contributed by atoms with Crippen LogP contribution in [-0.2, 0) is 0 Å². The zero-order valence-electron chi connectivity index (χ0n) is 14.2. The van der Waals surface area contributed by atoms with Crippen LogP contribution in [0.25, 0.3) is 0 Å². The zero-order chi connectivity index (χ0) is 23.2. The van der Waals surface area contributed by atoms with Crippen molar-refractivity contribution in [1.29, 1.82) is 0 Å². The Balaban J connectivity index is 6.24. The normalized spacial score (nSPS) is 18.8. The third kappa shape index (κ3) is 3.86. The van der Waals surface area contributed by atoms with Gasteiger partial charge >= 0.3 is 41.6 Å². The molecule has 0 saturated carbocycles. The van der Waals surface area contributed by atoms with Gasteiger partial charge in [0.05, 0.1) is 0 Å². The highest BCUT2D eigenvalue weighted by Gasteiger charge is 2.93. The summed E-state index contributed by atoms with van der Waals surface area (Å²) in [6.07, 6.45) is -9.70. The van der Waals surface area contributed by atoms with Crippen LogP contribution in [-0.4, -0.2) is 41.6 Å². The lowest BCUT2D eigenvalue weighted by Gasteiger charge is -2.41. The number of halogens is 14. The summed E-state index contributed by atoms with van der Waals surface area (Å²) >= 11 is 0. The molecule has 0 rings (SSSR count). The first-order valence-electron chi connectivity index (χ1n) is 7.45. The molecular weight excluding hydrogens is 436 g/mol. The van der Waals surface area contributed by atoms with Gasteiger partial charge in [-0.15, -0.1) is 0 Å². The highest BCUT2D eigenvalue weighted by atomic mass is 19.4. The van der Waals surface area contributed by atoms with Crippen molar-refractivity contribution in [3.8, 4) is 0 Å². The summed E-state index contributed by atoms with van der Waals surface area (Å²) in [6.45, 7) is 2.73. The highest BCUT2D eigenvalue weighted by molar-refractivity contribution is 5.12. The van der Waals surface area contributed by atoms with Crippen LogP contribution in [0.3, 0.4) is 0 Å². The molecule has 15 heteroatoms. The summed E-state index contributed by atoms with van der Waals surface area (Å²) in [5.74, 6) is -43.9. The minimum Gasteiger partial charge on any atom is -0.321 e. The topological polar surface area (TPSA) is 27.6 Å². The van der Waals surface area contributed by atoms with E-state index in [1.807, 2.05) is 5.73 Å². The van der Waals surface area contributed by atoms with Gasteiger partial charge in [-0.3, -0.25) is 0 Å². The fraction of sp³-hybridized carbons (Fsp3) is 1.00. The first-order valence-corrected chi connectivity index (χ1v) is 7.45. The van der Waals surface area contributed by atoms with Crippen molar-refractivity contribution < 1.29 is 67.2 Å².